The average Bonchev–Trinajstić information content (AvgIpc) is 3.24. The second-order valence-electron chi connectivity index (χ2n) is 7.08. The van der Waals surface area contributed by atoms with Crippen LogP contribution >= 0.6 is 11.6 Å². The SMILES string of the molecule is CCOC(=O)CNC(=O)c1ncc(-c2cn(CCCc3ccc(Cl)cc3)nn2)c(C)c1O. The first-order chi connectivity index (χ1) is 15.4. The summed E-state index contributed by atoms with van der Waals surface area (Å²) in [5.74, 6) is -1.52. The number of benzene rings is 1. The number of carbonyl (C=O) groups excluding carboxylic acids is 2. The third-order valence-corrected chi connectivity index (χ3v) is 5.05. The molecule has 0 saturated carbocycles. The van der Waals surface area contributed by atoms with E-state index in [1.54, 1.807) is 24.7 Å². The van der Waals surface area contributed by atoms with E-state index in [0.29, 0.717) is 28.4 Å². The lowest BCUT2D eigenvalue weighted by Gasteiger charge is -2.10. The van der Waals surface area contributed by atoms with Crippen molar-refractivity contribution in [3.05, 3.63) is 58.5 Å². The van der Waals surface area contributed by atoms with Gasteiger partial charge in [0.2, 0.25) is 0 Å². The molecule has 10 heteroatoms. The summed E-state index contributed by atoms with van der Waals surface area (Å²) in [6.45, 7) is 3.91. The van der Waals surface area contributed by atoms with E-state index in [9.17, 15) is 14.7 Å². The van der Waals surface area contributed by atoms with Gasteiger partial charge >= 0.3 is 5.97 Å². The van der Waals surface area contributed by atoms with Crippen LogP contribution in [0, 0.1) is 6.92 Å². The second-order valence-corrected chi connectivity index (χ2v) is 7.52. The molecule has 9 nitrogen and oxygen atoms in total. The molecule has 0 fully saturated rings. The van der Waals surface area contributed by atoms with Crippen molar-refractivity contribution < 1.29 is 19.4 Å². The molecule has 0 spiro atoms. The molecule has 0 aliphatic carbocycles. The van der Waals surface area contributed by atoms with Crippen LogP contribution in [0.25, 0.3) is 11.3 Å². The Balaban J connectivity index is 1.63. The van der Waals surface area contributed by atoms with Gasteiger partial charge < -0.3 is 15.2 Å². The predicted molar refractivity (Wildman–Crippen MR) is 118 cm³/mol. The molecule has 0 aliphatic heterocycles. The van der Waals surface area contributed by atoms with Crippen LogP contribution in [0.2, 0.25) is 5.02 Å². The molecular weight excluding hydrogens is 434 g/mol. The number of hydrogen-bond donors (Lipinski definition) is 2. The Kier molecular flexibility index (Phi) is 7.77. The Hall–Kier alpha value is -3.46. The molecule has 2 aromatic heterocycles. The summed E-state index contributed by atoms with van der Waals surface area (Å²) in [6.07, 6.45) is 4.97. The first kappa shape index (κ1) is 23.2. The number of pyridine rings is 1. The zero-order chi connectivity index (χ0) is 23.1. The van der Waals surface area contributed by atoms with Crippen LogP contribution < -0.4 is 5.32 Å². The Bertz CT molecular complexity index is 1100. The van der Waals surface area contributed by atoms with Crippen molar-refractivity contribution in [2.45, 2.75) is 33.2 Å². The van der Waals surface area contributed by atoms with Gasteiger partial charge in [-0.1, -0.05) is 28.9 Å². The van der Waals surface area contributed by atoms with Crippen LogP contribution in [0.5, 0.6) is 5.75 Å². The number of rotatable bonds is 9. The molecule has 1 amide bonds. The molecule has 1 aromatic carbocycles. The molecule has 0 unspecified atom stereocenters. The maximum absolute atomic E-state index is 12.3. The molecule has 0 aliphatic rings. The molecule has 0 radical (unpaired) electrons. The van der Waals surface area contributed by atoms with Gasteiger partial charge in [-0.2, -0.15) is 0 Å². The number of nitrogens with one attached hydrogen (secondary N) is 1. The topological polar surface area (TPSA) is 119 Å². The van der Waals surface area contributed by atoms with E-state index >= 15 is 0 Å². The minimum absolute atomic E-state index is 0.175. The van der Waals surface area contributed by atoms with Crippen LogP contribution in [-0.2, 0) is 22.5 Å². The summed E-state index contributed by atoms with van der Waals surface area (Å²) >= 11 is 5.91. The Morgan fingerprint density at radius 1 is 1.25 bits per heavy atom. The van der Waals surface area contributed by atoms with Crippen molar-refractivity contribution in [2.75, 3.05) is 13.2 Å². The lowest BCUT2D eigenvalue weighted by molar-refractivity contribution is -0.141. The largest absolute Gasteiger partial charge is 0.505 e. The molecular formula is C22H24ClN5O4. The number of ether oxygens (including phenoxy) is 1. The smallest absolute Gasteiger partial charge is 0.325 e. The predicted octanol–water partition coefficient (Wildman–Crippen LogP) is 2.93. The van der Waals surface area contributed by atoms with Crippen LogP contribution in [0.1, 0.15) is 35.0 Å². The fourth-order valence-corrected chi connectivity index (χ4v) is 3.22. The molecule has 0 saturated heterocycles. The van der Waals surface area contributed by atoms with Gasteiger partial charge in [-0.3, -0.25) is 14.3 Å². The number of aryl methyl sites for hydroxylation is 2. The summed E-state index contributed by atoms with van der Waals surface area (Å²) in [4.78, 5) is 27.7. The zero-order valence-electron chi connectivity index (χ0n) is 17.8. The van der Waals surface area contributed by atoms with E-state index in [-0.39, 0.29) is 24.6 Å². The summed E-state index contributed by atoms with van der Waals surface area (Å²) < 4.78 is 6.48. The van der Waals surface area contributed by atoms with Gasteiger partial charge in [0.05, 0.1) is 12.8 Å². The van der Waals surface area contributed by atoms with E-state index in [0.717, 1.165) is 12.8 Å². The first-order valence-corrected chi connectivity index (χ1v) is 10.5. The fourth-order valence-electron chi connectivity index (χ4n) is 3.09. The summed E-state index contributed by atoms with van der Waals surface area (Å²) in [6, 6.07) is 7.73. The lowest BCUT2D eigenvalue weighted by Crippen LogP contribution is -2.31. The highest BCUT2D eigenvalue weighted by Crippen LogP contribution is 2.29. The standard InChI is InChI=1S/C22H24ClN5O4/c1-3-32-19(29)12-25-22(31)20-21(30)14(2)17(11-24-20)18-13-28(27-26-18)10-4-5-15-6-8-16(23)9-7-15/h6-9,11,13,30H,3-5,10,12H2,1-2H3,(H,25,31). The van der Waals surface area contributed by atoms with Gasteiger partial charge in [0.15, 0.2) is 11.4 Å². The van der Waals surface area contributed by atoms with Crippen molar-refractivity contribution in [3.63, 3.8) is 0 Å². The average molecular weight is 458 g/mol. The Morgan fingerprint density at radius 2 is 2.00 bits per heavy atom. The van der Waals surface area contributed by atoms with Gasteiger partial charge in [-0.15, -0.1) is 5.10 Å². The van der Waals surface area contributed by atoms with Crippen LogP contribution in [0.15, 0.2) is 36.7 Å². The summed E-state index contributed by atoms with van der Waals surface area (Å²) in [5.41, 5.74) is 2.56. The van der Waals surface area contributed by atoms with Gasteiger partial charge in [0.25, 0.3) is 5.91 Å². The van der Waals surface area contributed by atoms with Crippen molar-refractivity contribution in [3.8, 4) is 17.0 Å². The number of carbonyl (C=O) groups is 2. The molecule has 168 valence electrons. The fraction of sp³-hybridized carbons (Fsp3) is 0.318. The van der Waals surface area contributed by atoms with Gasteiger partial charge in [-0.25, -0.2) is 4.98 Å². The van der Waals surface area contributed by atoms with Crippen LogP contribution in [0.4, 0.5) is 0 Å². The number of nitrogens with zero attached hydrogens (tertiary/aromatic N) is 4. The Labute approximate surface area is 190 Å². The molecule has 3 rings (SSSR count). The van der Waals surface area contributed by atoms with Crippen LogP contribution in [0.3, 0.4) is 0 Å². The van der Waals surface area contributed by atoms with Gasteiger partial charge in [0.1, 0.15) is 12.2 Å². The number of aromatic nitrogens is 4. The number of aromatic hydroxyl groups is 1. The molecule has 0 bridgehead atoms. The first-order valence-electron chi connectivity index (χ1n) is 10.2. The zero-order valence-corrected chi connectivity index (χ0v) is 18.6. The summed E-state index contributed by atoms with van der Waals surface area (Å²) in [7, 11) is 0. The minimum atomic E-state index is -0.670. The third kappa shape index (κ3) is 5.82. The van der Waals surface area contributed by atoms with Crippen molar-refractivity contribution >= 4 is 23.5 Å². The highest BCUT2D eigenvalue weighted by Gasteiger charge is 2.20. The Morgan fingerprint density at radius 3 is 2.72 bits per heavy atom. The number of esters is 1. The quantitative estimate of drug-likeness (QED) is 0.474. The van der Waals surface area contributed by atoms with E-state index in [1.165, 1.54) is 11.8 Å². The van der Waals surface area contributed by atoms with E-state index in [1.807, 2.05) is 24.3 Å². The normalized spacial score (nSPS) is 10.7. The number of halogens is 1. The third-order valence-electron chi connectivity index (χ3n) is 4.80. The lowest BCUT2D eigenvalue weighted by atomic mass is 10.1. The second kappa shape index (κ2) is 10.7. The van der Waals surface area contributed by atoms with Crippen LogP contribution in [-0.4, -0.2) is 50.1 Å². The van der Waals surface area contributed by atoms with Crippen molar-refractivity contribution in [1.82, 2.24) is 25.3 Å². The van der Waals surface area contributed by atoms with E-state index in [4.69, 9.17) is 16.3 Å². The van der Waals surface area contributed by atoms with E-state index < -0.39 is 11.9 Å². The molecule has 32 heavy (non-hydrogen) atoms. The van der Waals surface area contributed by atoms with Gasteiger partial charge in [0, 0.05) is 28.9 Å². The molecule has 0 atom stereocenters. The molecule has 3 aromatic rings. The van der Waals surface area contributed by atoms with Gasteiger partial charge in [-0.05, 0) is 44.4 Å². The maximum Gasteiger partial charge on any atom is 0.325 e. The molecule has 2 N–H and O–H groups in total. The highest BCUT2D eigenvalue weighted by molar-refractivity contribution is 6.30. The summed E-state index contributed by atoms with van der Waals surface area (Å²) in [5, 5.41) is 21.9. The number of amides is 1. The minimum Gasteiger partial charge on any atom is -0.505 e. The van der Waals surface area contributed by atoms with Crippen molar-refractivity contribution in [1.29, 1.82) is 0 Å². The molecule has 2 heterocycles. The van der Waals surface area contributed by atoms with E-state index in [2.05, 4.69) is 20.6 Å². The number of hydrogen-bond acceptors (Lipinski definition) is 7. The maximum atomic E-state index is 12.3. The monoisotopic (exact) mass is 457 g/mol. The highest BCUT2D eigenvalue weighted by atomic mass is 35.5. The van der Waals surface area contributed by atoms with Crippen molar-refractivity contribution in [2.24, 2.45) is 0 Å².